The smallest absolute Gasteiger partial charge is 0.253 e. The van der Waals surface area contributed by atoms with E-state index >= 15 is 0 Å². The van der Waals surface area contributed by atoms with Crippen LogP contribution in [0.1, 0.15) is 34.8 Å². The van der Waals surface area contributed by atoms with Crippen LogP contribution in [0.4, 0.5) is 4.39 Å². The van der Waals surface area contributed by atoms with Gasteiger partial charge in [0.2, 0.25) is 0 Å². The molecule has 0 aromatic heterocycles. The van der Waals surface area contributed by atoms with Gasteiger partial charge in [0.05, 0.1) is 11.2 Å². The molecule has 148 valence electrons. The van der Waals surface area contributed by atoms with E-state index in [1.165, 1.54) is 23.8 Å². The molecule has 2 aromatic carbocycles. The quantitative estimate of drug-likeness (QED) is 0.827. The number of nitrogens with one attached hydrogen (secondary N) is 2. The molecule has 5 nitrogen and oxygen atoms in total. The van der Waals surface area contributed by atoms with Gasteiger partial charge in [0, 0.05) is 37.8 Å². The van der Waals surface area contributed by atoms with E-state index in [1.54, 1.807) is 0 Å². The predicted octanol–water partition coefficient (Wildman–Crippen LogP) is 3.19. The predicted molar refractivity (Wildman–Crippen MR) is 107 cm³/mol. The van der Waals surface area contributed by atoms with Gasteiger partial charge in [0.15, 0.2) is 0 Å². The summed E-state index contributed by atoms with van der Waals surface area (Å²) in [5, 5.41) is -0.0181. The highest BCUT2D eigenvalue weighted by atomic mass is 35.5. The molecule has 2 heterocycles. The van der Waals surface area contributed by atoms with E-state index in [9.17, 15) is 9.18 Å². The fourth-order valence-electron chi connectivity index (χ4n) is 3.95. The lowest BCUT2D eigenvalue weighted by molar-refractivity contribution is 0.0756. The maximum absolute atomic E-state index is 13.4. The first-order chi connectivity index (χ1) is 13.6. The largest absolute Gasteiger partial charge is 0.337 e. The van der Waals surface area contributed by atoms with Crippen LogP contribution in [0.2, 0.25) is 5.02 Å². The molecule has 4 rings (SSSR count). The molecule has 2 unspecified atom stereocenters. The summed E-state index contributed by atoms with van der Waals surface area (Å²) in [4.78, 5) is 17.0. The zero-order valence-electron chi connectivity index (χ0n) is 15.6. The summed E-state index contributed by atoms with van der Waals surface area (Å²) in [5.41, 5.74) is 8.51. The van der Waals surface area contributed by atoms with Crippen LogP contribution < -0.4 is 10.9 Å². The lowest BCUT2D eigenvalue weighted by atomic mass is 10.0. The van der Waals surface area contributed by atoms with E-state index in [0.29, 0.717) is 18.7 Å². The van der Waals surface area contributed by atoms with Crippen molar-refractivity contribution in [3.8, 4) is 0 Å². The standard InChI is InChI=1S/C21H24ClFN4O/c22-17-13-16(7-8-18(17)23)21(28)27-10-4-9-26(11-12-27)20-14-19(24-25-20)15-5-2-1-3-6-15/h1-3,5-8,13,19-20,24-25H,4,9-12,14H2. The van der Waals surface area contributed by atoms with E-state index in [4.69, 9.17) is 11.6 Å². The minimum Gasteiger partial charge on any atom is -0.337 e. The molecule has 0 bridgehead atoms. The fourth-order valence-corrected chi connectivity index (χ4v) is 4.13. The van der Waals surface area contributed by atoms with Crippen LogP contribution in [0.5, 0.6) is 0 Å². The normalized spacial score (nSPS) is 23.6. The monoisotopic (exact) mass is 402 g/mol. The summed E-state index contributed by atoms with van der Waals surface area (Å²) in [7, 11) is 0. The second-order valence-electron chi connectivity index (χ2n) is 7.31. The molecule has 2 aromatic rings. The molecule has 0 aliphatic carbocycles. The molecule has 7 heteroatoms. The highest BCUT2D eigenvalue weighted by Gasteiger charge is 2.31. The maximum Gasteiger partial charge on any atom is 0.253 e. The van der Waals surface area contributed by atoms with Gasteiger partial charge in [-0.1, -0.05) is 41.9 Å². The Balaban J connectivity index is 1.36. The third kappa shape index (κ3) is 4.20. The van der Waals surface area contributed by atoms with Crippen molar-refractivity contribution in [1.29, 1.82) is 0 Å². The number of hydrogen-bond donors (Lipinski definition) is 2. The number of hydrogen-bond acceptors (Lipinski definition) is 4. The SMILES string of the molecule is O=C(c1ccc(F)c(Cl)c1)N1CCCN(C2CC(c3ccccc3)NN2)CC1. The van der Waals surface area contributed by atoms with Crippen molar-refractivity contribution in [2.24, 2.45) is 0 Å². The second-order valence-corrected chi connectivity index (χ2v) is 7.72. The van der Waals surface area contributed by atoms with Gasteiger partial charge in [-0.25, -0.2) is 15.2 Å². The van der Waals surface area contributed by atoms with Gasteiger partial charge in [-0.05, 0) is 36.6 Å². The number of rotatable bonds is 3. The number of carbonyl (C=O) groups excluding carboxylic acids is 1. The molecule has 2 aliphatic rings. The van der Waals surface area contributed by atoms with Crippen molar-refractivity contribution in [2.45, 2.75) is 25.0 Å². The number of amides is 1. The molecule has 0 saturated carbocycles. The first-order valence-corrected chi connectivity index (χ1v) is 10.0. The minimum atomic E-state index is -0.506. The molecule has 28 heavy (non-hydrogen) atoms. The number of hydrazine groups is 1. The Kier molecular flexibility index (Phi) is 5.92. The molecular weight excluding hydrogens is 379 g/mol. The third-order valence-corrected chi connectivity index (χ3v) is 5.80. The maximum atomic E-state index is 13.4. The summed E-state index contributed by atoms with van der Waals surface area (Å²) >= 11 is 5.83. The summed E-state index contributed by atoms with van der Waals surface area (Å²) in [6.07, 6.45) is 2.11. The van der Waals surface area contributed by atoms with Crippen molar-refractivity contribution in [3.63, 3.8) is 0 Å². The number of halogens is 2. The van der Waals surface area contributed by atoms with Crippen LogP contribution in [0, 0.1) is 5.82 Å². The summed E-state index contributed by atoms with van der Waals surface area (Å²) < 4.78 is 13.4. The second kappa shape index (κ2) is 8.57. The fraction of sp³-hybridized carbons (Fsp3) is 0.381. The van der Waals surface area contributed by atoms with Crippen LogP contribution in [0.15, 0.2) is 48.5 Å². The Morgan fingerprint density at radius 3 is 2.64 bits per heavy atom. The molecule has 0 radical (unpaired) electrons. The molecular formula is C21H24ClFN4O. The third-order valence-electron chi connectivity index (χ3n) is 5.51. The van der Waals surface area contributed by atoms with Crippen LogP contribution >= 0.6 is 11.6 Å². The van der Waals surface area contributed by atoms with Crippen molar-refractivity contribution >= 4 is 17.5 Å². The van der Waals surface area contributed by atoms with Gasteiger partial charge in [0.1, 0.15) is 5.82 Å². The first kappa shape index (κ1) is 19.3. The number of benzene rings is 2. The minimum absolute atomic E-state index is 0.0181. The van der Waals surface area contributed by atoms with Crippen molar-refractivity contribution in [2.75, 3.05) is 26.2 Å². The van der Waals surface area contributed by atoms with Crippen molar-refractivity contribution in [1.82, 2.24) is 20.7 Å². The zero-order valence-corrected chi connectivity index (χ0v) is 16.3. The number of carbonyl (C=O) groups is 1. The average Bonchev–Trinajstić information content (AvgIpc) is 3.08. The Morgan fingerprint density at radius 1 is 1.04 bits per heavy atom. The lowest BCUT2D eigenvalue weighted by Crippen LogP contribution is -2.46. The van der Waals surface area contributed by atoms with E-state index < -0.39 is 5.82 Å². The summed E-state index contributed by atoms with van der Waals surface area (Å²) in [5.74, 6) is -0.601. The average molecular weight is 403 g/mol. The highest BCUT2D eigenvalue weighted by molar-refractivity contribution is 6.31. The molecule has 2 aliphatic heterocycles. The Morgan fingerprint density at radius 2 is 1.86 bits per heavy atom. The van der Waals surface area contributed by atoms with Gasteiger partial charge in [-0.2, -0.15) is 0 Å². The van der Waals surface area contributed by atoms with E-state index in [0.717, 1.165) is 25.9 Å². The van der Waals surface area contributed by atoms with Crippen LogP contribution in [0.3, 0.4) is 0 Å². The van der Waals surface area contributed by atoms with E-state index in [-0.39, 0.29) is 23.1 Å². The van der Waals surface area contributed by atoms with Crippen molar-refractivity contribution < 1.29 is 9.18 Å². The first-order valence-electron chi connectivity index (χ1n) is 9.66. The van der Waals surface area contributed by atoms with Gasteiger partial charge in [-0.3, -0.25) is 9.69 Å². The zero-order chi connectivity index (χ0) is 19.5. The van der Waals surface area contributed by atoms with Gasteiger partial charge >= 0.3 is 0 Å². The Bertz CT molecular complexity index is 834. The topological polar surface area (TPSA) is 47.6 Å². The van der Waals surface area contributed by atoms with Gasteiger partial charge < -0.3 is 4.90 Å². The molecule has 1 amide bonds. The number of nitrogens with zero attached hydrogens (tertiary/aromatic N) is 2. The molecule has 2 fully saturated rings. The lowest BCUT2D eigenvalue weighted by Gasteiger charge is -2.27. The van der Waals surface area contributed by atoms with Gasteiger partial charge in [0.25, 0.3) is 5.91 Å². The Hall–Kier alpha value is -1.99. The summed E-state index contributed by atoms with van der Waals surface area (Å²) in [6.45, 7) is 3.05. The van der Waals surface area contributed by atoms with E-state index in [2.05, 4.69) is 40.0 Å². The van der Waals surface area contributed by atoms with Crippen molar-refractivity contribution in [3.05, 3.63) is 70.5 Å². The molecule has 2 saturated heterocycles. The summed E-state index contributed by atoms with van der Waals surface area (Å²) in [6, 6.07) is 14.9. The molecule has 0 spiro atoms. The Labute approximate surface area is 169 Å². The van der Waals surface area contributed by atoms with Crippen LogP contribution in [-0.4, -0.2) is 48.1 Å². The van der Waals surface area contributed by atoms with Gasteiger partial charge in [-0.15, -0.1) is 0 Å². The molecule has 2 N–H and O–H groups in total. The molecule has 2 atom stereocenters. The van der Waals surface area contributed by atoms with Crippen LogP contribution in [-0.2, 0) is 0 Å². The van der Waals surface area contributed by atoms with Crippen LogP contribution in [0.25, 0.3) is 0 Å². The highest BCUT2D eigenvalue weighted by Crippen LogP contribution is 2.24. The van der Waals surface area contributed by atoms with E-state index in [1.807, 2.05) is 11.0 Å².